The van der Waals surface area contributed by atoms with Crippen molar-refractivity contribution in [3.63, 3.8) is 0 Å². The first-order valence-corrected chi connectivity index (χ1v) is 5.95. The molecule has 0 aromatic heterocycles. The maximum Gasteiger partial charge on any atom is 0.184 e. The molecule has 2 fully saturated rings. The summed E-state index contributed by atoms with van der Waals surface area (Å²) in [6.45, 7) is 7.08. The van der Waals surface area contributed by atoms with Gasteiger partial charge in [0.1, 0.15) is 0 Å². The average molecular weight is 225 g/mol. The van der Waals surface area contributed by atoms with Gasteiger partial charge >= 0.3 is 0 Å². The van der Waals surface area contributed by atoms with Crippen molar-refractivity contribution in [1.82, 2.24) is 5.43 Å². The lowest BCUT2D eigenvalue weighted by molar-refractivity contribution is 0.182. The van der Waals surface area contributed by atoms with Crippen LogP contribution in [0.2, 0.25) is 0 Å². The zero-order valence-electron chi connectivity index (χ0n) is 9.58. The van der Waals surface area contributed by atoms with Gasteiger partial charge in [0.25, 0.3) is 0 Å². The Hall–Kier alpha value is -0.640. The van der Waals surface area contributed by atoms with E-state index in [9.17, 15) is 0 Å². The van der Waals surface area contributed by atoms with Gasteiger partial charge < -0.3 is 5.73 Å². The molecule has 0 amide bonds. The second kappa shape index (κ2) is 3.44. The number of hydrogen-bond donors (Lipinski definition) is 2. The average Bonchev–Trinajstić information content (AvgIpc) is 2.64. The summed E-state index contributed by atoms with van der Waals surface area (Å²) in [5, 5.41) is 4.58. The molecule has 15 heavy (non-hydrogen) atoms. The summed E-state index contributed by atoms with van der Waals surface area (Å²) in [4.78, 5) is 0. The van der Waals surface area contributed by atoms with Crippen LogP contribution in [0.25, 0.3) is 0 Å². The highest BCUT2D eigenvalue weighted by Crippen LogP contribution is 2.57. The molecule has 2 saturated carbocycles. The molecule has 84 valence electrons. The van der Waals surface area contributed by atoms with Crippen LogP contribution in [0.1, 0.15) is 33.6 Å². The lowest BCUT2D eigenvalue weighted by Gasteiger charge is -2.36. The highest BCUT2D eigenvalue weighted by Gasteiger charge is 2.53. The molecule has 2 bridgehead atoms. The summed E-state index contributed by atoms with van der Waals surface area (Å²) in [6, 6.07) is 0. The molecule has 3 atom stereocenters. The SMILES string of the molecule is CC1C2CC(C/C2=N/NC(N)=S)C1(C)C. The third-order valence-electron chi connectivity index (χ3n) is 4.56. The fraction of sp³-hybridized carbons (Fsp3) is 0.818. The van der Waals surface area contributed by atoms with Crippen LogP contribution in [-0.2, 0) is 0 Å². The number of rotatable bonds is 1. The molecule has 2 rings (SSSR count). The standard InChI is InChI=1S/C11H19N3S/c1-6-8-4-7(11(6,2)3)5-9(8)13-14-10(12)15/h6-8H,4-5H2,1-3H3,(H3,12,14,15)/b13-9-. The molecule has 0 aromatic carbocycles. The van der Waals surface area contributed by atoms with E-state index in [0.717, 1.165) is 12.3 Å². The number of nitrogens with one attached hydrogen (secondary N) is 1. The molecule has 0 aliphatic heterocycles. The van der Waals surface area contributed by atoms with Gasteiger partial charge in [-0.15, -0.1) is 0 Å². The third kappa shape index (κ3) is 1.65. The summed E-state index contributed by atoms with van der Waals surface area (Å²) < 4.78 is 0. The number of hydrogen-bond acceptors (Lipinski definition) is 2. The van der Waals surface area contributed by atoms with Crippen molar-refractivity contribution in [1.29, 1.82) is 0 Å². The summed E-state index contributed by atoms with van der Waals surface area (Å²) in [6.07, 6.45) is 2.39. The van der Waals surface area contributed by atoms with Crippen LogP contribution in [0.15, 0.2) is 5.10 Å². The number of fused-ring (bicyclic) bond motifs is 2. The number of nitrogens with zero attached hydrogens (tertiary/aromatic N) is 1. The predicted molar refractivity (Wildman–Crippen MR) is 66.5 cm³/mol. The quantitative estimate of drug-likeness (QED) is 0.529. The Kier molecular flexibility index (Phi) is 2.49. The molecule has 2 aliphatic rings. The monoisotopic (exact) mass is 225 g/mol. The molecule has 0 heterocycles. The number of nitrogens with two attached hydrogens (primary N) is 1. The van der Waals surface area contributed by atoms with Crippen LogP contribution < -0.4 is 11.2 Å². The van der Waals surface area contributed by atoms with E-state index in [2.05, 4.69) is 31.3 Å². The molecular formula is C11H19N3S. The fourth-order valence-corrected chi connectivity index (χ4v) is 3.18. The Bertz CT molecular complexity index is 318. The summed E-state index contributed by atoms with van der Waals surface area (Å²) in [5.41, 5.74) is 9.82. The van der Waals surface area contributed by atoms with Gasteiger partial charge in [-0.05, 0) is 42.3 Å². The van der Waals surface area contributed by atoms with Crippen molar-refractivity contribution in [2.24, 2.45) is 34.0 Å². The second-order valence-corrected chi connectivity index (χ2v) is 5.87. The fourth-order valence-electron chi connectivity index (χ4n) is 3.13. The van der Waals surface area contributed by atoms with Gasteiger partial charge in [0.15, 0.2) is 5.11 Å². The van der Waals surface area contributed by atoms with E-state index in [1.807, 2.05) is 0 Å². The van der Waals surface area contributed by atoms with Crippen molar-refractivity contribution in [2.45, 2.75) is 33.6 Å². The van der Waals surface area contributed by atoms with Crippen molar-refractivity contribution >= 4 is 23.0 Å². The smallest absolute Gasteiger partial charge is 0.184 e. The zero-order chi connectivity index (χ0) is 11.2. The van der Waals surface area contributed by atoms with Crippen molar-refractivity contribution in [3.05, 3.63) is 0 Å². The van der Waals surface area contributed by atoms with Gasteiger partial charge in [-0.1, -0.05) is 20.8 Å². The van der Waals surface area contributed by atoms with E-state index < -0.39 is 0 Å². The van der Waals surface area contributed by atoms with Gasteiger partial charge in [0, 0.05) is 11.6 Å². The summed E-state index contributed by atoms with van der Waals surface area (Å²) in [5.74, 6) is 2.12. The Morgan fingerprint density at radius 1 is 1.60 bits per heavy atom. The van der Waals surface area contributed by atoms with Gasteiger partial charge in [-0.2, -0.15) is 5.10 Å². The summed E-state index contributed by atoms with van der Waals surface area (Å²) in [7, 11) is 0. The predicted octanol–water partition coefficient (Wildman–Crippen LogP) is 1.88. The highest BCUT2D eigenvalue weighted by atomic mass is 32.1. The second-order valence-electron chi connectivity index (χ2n) is 5.43. The van der Waals surface area contributed by atoms with Crippen LogP contribution in [-0.4, -0.2) is 10.8 Å². The Morgan fingerprint density at radius 3 is 2.73 bits per heavy atom. The van der Waals surface area contributed by atoms with E-state index >= 15 is 0 Å². The topological polar surface area (TPSA) is 50.4 Å². The van der Waals surface area contributed by atoms with E-state index in [1.54, 1.807) is 0 Å². The first-order valence-electron chi connectivity index (χ1n) is 5.55. The third-order valence-corrected chi connectivity index (χ3v) is 4.65. The minimum Gasteiger partial charge on any atom is -0.375 e. The molecule has 3 unspecified atom stereocenters. The van der Waals surface area contributed by atoms with Crippen LogP contribution in [0, 0.1) is 23.2 Å². The molecule has 3 nitrogen and oxygen atoms in total. The van der Waals surface area contributed by atoms with Crippen LogP contribution in [0.3, 0.4) is 0 Å². The van der Waals surface area contributed by atoms with Gasteiger partial charge in [0.2, 0.25) is 0 Å². The Balaban J connectivity index is 2.12. The largest absolute Gasteiger partial charge is 0.375 e. The molecule has 0 spiro atoms. The van der Waals surface area contributed by atoms with E-state index in [4.69, 9.17) is 18.0 Å². The number of hydrazone groups is 1. The van der Waals surface area contributed by atoms with Crippen molar-refractivity contribution in [2.75, 3.05) is 0 Å². The minimum absolute atomic E-state index is 0.261. The molecule has 3 N–H and O–H groups in total. The zero-order valence-corrected chi connectivity index (χ0v) is 10.4. The van der Waals surface area contributed by atoms with Gasteiger partial charge in [-0.25, -0.2) is 0 Å². The van der Waals surface area contributed by atoms with Crippen LogP contribution in [0.5, 0.6) is 0 Å². The lowest BCUT2D eigenvalue weighted by atomic mass is 9.69. The maximum atomic E-state index is 5.37. The first-order chi connectivity index (χ1) is 6.93. The lowest BCUT2D eigenvalue weighted by Crippen LogP contribution is -2.35. The normalized spacial score (nSPS) is 39.7. The van der Waals surface area contributed by atoms with Crippen molar-refractivity contribution in [3.8, 4) is 0 Å². The van der Waals surface area contributed by atoms with Crippen LogP contribution >= 0.6 is 12.2 Å². The summed E-state index contributed by atoms with van der Waals surface area (Å²) >= 11 is 4.75. The molecule has 0 aromatic rings. The Morgan fingerprint density at radius 2 is 2.27 bits per heavy atom. The van der Waals surface area contributed by atoms with E-state index in [0.29, 0.717) is 17.3 Å². The van der Waals surface area contributed by atoms with Crippen LogP contribution in [0.4, 0.5) is 0 Å². The van der Waals surface area contributed by atoms with Crippen molar-refractivity contribution < 1.29 is 0 Å². The van der Waals surface area contributed by atoms with Gasteiger partial charge in [0.05, 0.1) is 0 Å². The number of thiocarbonyl (C=S) groups is 1. The molecular weight excluding hydrogens is 206 g/mol. The maximum absolute atomic E-state index is 5.37. The van der Waals surface area contributed by atoms with E-state index in [1.165, 1.54) is 12.1 Å². The van der Waals surface area contributed by atoms with E-state index in [-0.39, 0.29) is 5.11 Å². The molecule has 2 aliphatic carbocycles. The molecule has 0 radical (unpaired) electrons. The Labute approximate surface area is 96.5 Å². The highest BCUT2D eigenvalue weighted by molar-refractivity contribution is 7.80. The van der Waals surface area contributed by atoms with Gasteiger partial charge in [-0.3, -0.25) is 5.43 Å². The first kappa shape index (κ1) is 10.9. The molecule has 0 saturated heterocycles. The molecule has 4 heteroatoms. The minimum atomic E-state index is 0.261.